The Hall–Kier alpha value is -1.44. The lowest BCUT2D eigenvalue weighted by atomic mass is 10.3. The predicted molar refractivity (Wildman–Crippen MR) is 53.1 cm³/mol. The van der Waals surface area contributed by atoms with Crippen LogP contribution in [0.25, 0.3) is 0 Å². The number of para-hydroxylation sites is 2. The van der Waals surface area contributed by atoms with E-state index in [0.717, 1.165) is 11.5 Å². The van der Waals surface area contributed by atoms with Crippen molar-refractivity contribution >= 4 is 0 Å². The van der Waals surface area contributed by atoms with Crippen molar-refractivity contribution in [3.05, 3.63) is 36.6 Å². The quantitative estimate of drug-likeness (QED) is 0.660. The van der Waals surface area contributed by atoms with Crippen LogP contribution in [0, 0.1) is 0 Å². The summed E-state index contributed by atoms with van der Waals surface area (Å²) in [7, 11) is 0. The minimum absolute atomic E-state index is 0.649. The Balaban J connectivity index is 2.77. The van der Waals surface area contributed by atoms with Crippen molar-refractivity contribution < 1.29 is 9.47 Å². The van der Waals surface area contributed by atoms with Crippen LogP contribution >= 0.6 is 0 Å². The Morgan fingerprint density at radius 1 is 1.23 bits per heavy atom. The lowest BCUT2D eigenvalue weighted by molar-refractivity contribution is 0.321. The highest BCUT2D eigenvalue weighted by Gasteiger charge is 2.00. The van der Waals surface area contributed by atoms with Crippen molar-refractivity contribution in [3.63, 3.8) is 0 Å². The van der Waals surface area contributed by atoms with Crippen LogP contribution in [0.5, 0.6) is 11.5 Å². The maximum Gasteiger partial charge on any atom is 0.168 e. The van der Waals surface area contributed by atoms with Crippen molar-refractivity contribution in [3.8, 4) is 11.5 Å². The number of hydrogen-bond acceptors (Lipinski definition) is 2. The largest absolute Gasteiger partial charge is 0.490 e. The Morgan fingerprint density at radius 2 is 1.92 bits per heavy atom. The van der Waals surface area contributed by atoms with Crippen molar-refractivity contribution in [1.29, 1.82) is 0 Å². The van der Waals surface area contributed by atoms with Crippen molar-refractivity contribution in [2.75, 3.05) is 6.61 Å². The van der Waals surface area contributed by atoms with E-state index in [9.17, 15) is 0 Å². The van der Waals surface area contributed by atoms with Crippen LogP contribution < -0.4 is 9.47 Å². The third-order valence-corrected chi connectivity index (χ3v) is 1.48. The molecule has 0 aliphatic heterocycles. The van der Waals surface area contributed by atoms with Crippen LogP contribution in [-0.2, 0) is 0 Å². The molecular weight excluding hydrogens is 164 g/mol. The molecule has 1 aromatic carbocycles. The summed E-state index contributed by atoms with van der Waals surface area (Å²) in [5.74, 6) is 1.53. The fourth-order valence-corrected chi connectivity index (χ4v) is 0.964. The predicted octanol–water partition coefficient (Wildman–Crippen LogP) is 3.00. The molecule has 0 heterocycles. The summed E-state index contributed by atoms with van der Waals surface area (Å²) < 4.78 is 10.7. The summed E-state index contributed by atoms with van der Waals surface area (Å²) in [5, 5.41) is 0. The molecule has 13 heavy (non-hydrogen) atoms. The molecule has 70 valence electrons. The Morgan fingerprint density at radius 3 is 2.54 bits per heavy atom. The molecule has 0 fully saturated rings. The molecule has 0 N–H and O–H groups in total. The van der Waals surface area contributed by atoms with Crippen LogP contribution in [0.2, 0.25) is 0 Å². The Kier molecular flexibility index (Phi) is 3.89. The van der Waals surface area contributed by atoms with Gasteiger partial charge in [-0.05, 0) is 26.0 Å². The number of rotatable bonds is 4. The first-order valence-electron chi connectivity index (χ1n) is 4.38. The normalized spacial score (nSPS) is 10.3. The molecule has 0 bridgehead atoms. The van der Waals surface area contributed by atoms with E-state index in [0.29, 0.717) is 6.61 Å². The molecule has 0 unspecified atom stereocenters. The second-order valence-electron chi connectivity index (χ2n) is 2.47. The van der Waals surface area contributed by atoms with Gasteiger partial charge in [0.2, 0.25) is 0 Å². The summed E-state index contributed by atoms with van der Waals surface area (Å²) in [6, 6.07) is 7.61. The fourth-order valence-electron chi connectivity index (χ4n) is 0.964. The lowest BCUT2D eigenvalue weighted by Gasteiger charge is -2.07. The van der Waals surface area contributed by atoms with E-state index in [-0.39, 0.29) is 0 Å². The average Bonchev–Trinajstić information content (AvgIpc) is 2.17. The van der Waals surface area contributed by atoms with Gasteiger partial charge in [0.05, 0.1) is 12.9 Å². The van der Waals surface area contributed by atoms with Crippen LogP contribution in [0.15, 0.2) is 36.6 Å². The van der Waals surface area contributed by atoms with Gasteiger partial charge < -0.3 is 9.47 Å². The fraction of sp³-hybridized carbons (Fsp3) is 0.273. The van der Waals surface area contributed by atoms with Gasteiger partial charge in [0.25, 0.3) is 0 Å². The molecule has 0 aromatic heterocycles. The monoisotopic (exact) mass is 178 g/mol. The first-order chi connectivity index (χ1) is 6.38. The lowest BCUT2D eigenvalue weighted by Crippen LogP contribution is -1.93. The zero-order valence-electron chi connectivity index (χ0n) is 7.99. The highest BCUT2D eigenvalue weighted by Crippen LogP contribution is 2.26. The molecule has 0 aliphatic carbocycles. The summed E-state index contributed by atoms with van der Waals surface area (Å²) in [4.78, 5) is 0. The zero-order chi connectivity index (χ0) is 9.52. The third kappa shape index (κ3) is 2.82. The second-order valence-corrected chi connectivity index (χ2v) is 2.47. The van der Waals surface area contributed by atoms with Crippen molar-refractivity contribution in [1.82, 2.24) is 0 Å². The first-order valence-corrected chi connectivity index (χ1v) is 4.38. The summed E-state index contributed by atoms with van der Waals surface area (Å²) >= 11 is 0. The molecular formula is C11H14O2. The van der Waals surface area contributed by atoms with E-state index in [4.69, 9.17) is 9.47 Å². The van der Waals surface area contributed by atoms with Gasteiger partial charge in [-0.1, -0.05) is 18.2 Å². The van der Waals surface area contributed by atoms with Gasteiger partial charge in [-0.25, -0.2) is 0 Å². The minimum Gasteiger partial charge on any atom is -0.490 e. The minimum atomic E-state index is 0.649. The van der Waals surface area contributed by atoms with Crippen LogP contribution in [0.1, 0.15) is 13.8 Å². The molecule has 0 saturated carbocycles. The zero-order valence-corrected chi connectivity index (χ0v) is 7.99. The van der Waals surface area contributed by atoms with Gasteiger partial charge in [0.1, 0.15) is 0 Å². The smallest absolute Gasteiger partial charge is 0.168 e. The van der Waals surface area contributed by atoms with Gasteiger partial charge in [-0.2, -0.15) is 0 Å². The summed E-state index contributed by atoms with van der Waals surface area (Å²) in [6.07, 6.45) is 3.47. The van der Waals surface area contributed by atoms with E-state index in [2.05, 4.69) is 0 Å². The van der Waals surface area contributed by atoms with Crippen molar-refractivity contribution in [2.45, 2.75) is 13.8 Å². The van der Waals surface area contributed by atoms with Crippen molar-refractivity contribution in [2.24, 2.45) is 0 Å². The second kappa shape index (κ2) is 5.25. The van der Waals surface area contributed by atoms with Gasteiger partial charge in [0.15, 0.2) is 11.5 Å². The molecule has 0 saturated heterocycles. The van der Waals surface area contributed by atoms with Gasteiger partial charge >= 0.3 is 0 Å². The summed E-state index contributed by atoms with van der Waals surface area (Å²) in [6.45, 7) is 4.51. The Bertz CT molecular complexity index is 279. The van der Waals surface area contributed by atoms with E-state index in [1.54, 1.807) is 6.26 Å². The third-order valence-electron chi connectivity index (χ3n) is 1.48. The van der Waals surface area contributed by atoms with Crippen LogP contribution in [-0.4, -0.2) is 6.61 Å². The highest BCUT2D eigenvalue weighted by atomic mass is 16.5. The first kappa shape index (κ1) is 9.65. The topological polar surface area (TPSA) is 18.5 Å². The molecule has 0 atom stereocenters. The number of allylic oxidation sites excluding steroid dienone is 1. The molecule has 0 spiro atoms. The van der Waals surface area contributed by atoms with Gasteiger partial charge in [-0.15, -0.1) is 0 Å². The van der Waals surface area contributed by atoms with Gasteiger partial charge in [-0.3, -0.25) is 0 Å². The molecule has 0 radical (unpaired) electrons. The maximum absolute atomic E-state index is 5.38. The average molecular weight is 178 g/mol. The van der Waals surface area contributed by atoms with E-state index >= 15 is 0 Å². The standard InChI is InChI=1S/C11H14O2/c1-3-9-13-11-8-6-5-7-10(11)12-4-2/h3,5-9H,4H2,1-2H3. The molecule has 1 aromatic rings. The molecule has 2 nitrogen and oxygen atoms in total. The number of hydrogen-bond donors (Lipinski definition) is 0. The van der Waals surface area contributed by atoms with E-state index in [1.807, 2.05) is 44.2 Å². The van der Waals surface area contributed by atoms with E-state index < -0.39 is 0 Å². The van der Waals surface area contributed by atoms with E-state index in [1.165, 1.54) is 0 Å². The summed E-state index contributed by atoms with van der Waals surface area (Å²) in [5.41, 5.74) is 0. The Labute approximate surface area is 78.8 Å². The molecule has 1 rings (SSSR count). The molecule has 0 aliphatic rings. The number of ether oxygens (including phenoxy) is 2. The molecule has 0 amide bonds. The maximum atomic E-state index is 5.38. The number of benzene rings is 1. The highest BCUT2D eigenvalue weighted by molar-refractivity contribution is 5.39. The SMILES string of the molecule is CC=COc1ccccc1OCC. The molecule has 2 heteroatoms. The van der Waals surface area contributed by atoms with Crippen LogP contribution in [0.3, 0.4) is 0 Å². The van der Waals surface area contributed by atoms with Crippen LogP contribution in [0.4, 0.5) is 0 Å². The van der Waals surface area contributed by atoms with Gasteiger partial charge in [0, 0.05) is 0 Å².